The van der Waals surface area contributed by atoms with Gasteiger partial charge in [-0.3, -0.25) is 14.9 Å². The Morgan fingerprint density at radius 1 is 1.30 bits per heavy atom. The summed E-state index contributed by atoms with van der Waals surface area (Å²) in [7, 11) is 1.63. The molecule has 4 amide bonds. The number of methoxy groups -OCH3 is 1. The third-order valence-corrected chi connectivity index (χ3v) is 4.37. The Kier molecular flexibility index (Phi) is 4.18. The molecule has 0 aliphatic carbocycles. The normalized spacial score (nSPS) is 23.6. The first-order chi connectivity index (χ1) is 11.1. The fourth-order valence-corrected chi connectivity index (χ4v) is 3.04. The maximum Gasteiger partial charge on any atom is 0.322 e. The van der Waals surface area contributed by atoms with Gasteiger partial charge in [-0.2, -0.15) is 0 Å². The highest BCUT2D eigenvalue weighted by Crippen LogP contribution is 2.29. The largest absolute Gasteiger partial charge is 0.497 e. The molecule has 0 spiro atoms. The van der Waals surface area contributed by atoms with Crippen LogP contribution in [0.3, 0.4) is 0 Å². The van der Waals surface area contributed by atoms with Crippen molar-refractivity contribution < 1.29 is 19.1 Å². The Bertz CT molecular complexity index is 629. The van der Waals surface area contributed by atoms with Gasteiger partial charge in [0.25, 0.3) is 5.91 Å². The van der Waals surface area contributed by atoms with Crippen molar-refractivity contribution in [2.75, 3.05) is 20.2 Å². The number of ether oxygens (including phenoxy) is 1. The second-order valence-electron chi connectivity index (χ2n) is 5.82. The van der Waals surface area contributed by atoms with Crippen LogP contribution in [0.2, 0.25) is 0 Å². The lowest BCUT2D eigenvalue weighted by Gasteiger charge is -2.18. The lowest BCUT2D eigenvalue weighted by Crippen LogP contribution is -2.37. The van der Waals surface area contributed by atoms with E-state index in [1.165, 1.54) is 5.56 Å². The zero-order valence-corrected chi connectivity index (χ0v) is 12.9. The number of hydrogen-bond acceptors (Lipinski definition) is 4. The third-order valence-electron chi connectivity index (χ3n) is 4.37. The predicted molar refractivity (Wildman–Crippen MR) is 82.0 cm³/mol. The van der Waals surface area contributed by atoms with Crippen molar-refractivity contribution in [3.63, 3.8) is 0 Å². The van der Waals surface area contributed by atoms with Crippen LogP contribution in [-0.2, 0) is 9.59 Å². The van der Waals surface area contributed by atoms with E-state index >= 15 is 0 Å². The molecule has 0 saturated carbocycles. The number of imide groups is 1. The molecule has 2 N–H and O–H groups in total. The number of rotatable bonds is 4. The van der Waals surface area contributed by atoms with Crippen LogP contribution in [0.15, 0.2) is 24.3 Å². The van der Waals surface area contributed by atoms with Gasteiger partial charge in [-0.05, 0) is 24.1 Å². The van der Waals surface area contributed by atoms with Crippen LogP contribution in [0.4, 0.5) is 4.79 Å². The number of amides is 4. The van der Waals surface area contributed by atoms with Gasteiger partial charge >= 0.3 is 6.03 Å². The van der Waals surface area contributed by atoms with Gasteiger partial charge in [0.1, 0.15) is 11.8 Å². The van der Waals surface area contributed by atoms with Gasteiger partial charge < -0.3 is 15.0 Å². The lowest BCUT2D eigenvalue weighted by molar-refractivity contribution is -0.133. The summed E-state index contributed by atoms with van der Waals surface area (Å²) in [6.07, 6.45) is 0.897. The molecule has 0 radical (unpaired) electrons. The molecule has 2 aliphatic heterocycles. The minimum atomic E-state index is -0.755. The van der Waals surface area contributed by atoms with Crippen molar-refractivity contribution in [2.24, 2.45) is 0 Å². The van der Waals surface area contributed by atoms with Crippen molar-refractivity contribution in [2.45, 2.75) is 24.8 Å². The van der Waals surface area contributed by atoms with Crippen LogP contribution in [0, 0.1) is 0 Å². The molecular weight excluding hydrogens is 298 g/mol. The van der Waals surface area contributed by atoms with Crippen LogP contribution in [0.1, 0.15) is 24.3 Å². The van der Waals surface area contributed by atoms with E-state index in [-0.39, 0.29) is 18.2 Å². The molecule has 122 valence electrons. The van der Waals surface area contributed by atoms with Crippen molar-refractivity contribution in [3.05, 3.63) is 29.8 Å². The van der Waals surface area contributed by atoms with E-state index in [0.717, 1.165) is 12.2 Å². The van der Waals surface area contributed by atoms with Gasteiger partial charge in [0.2, 0.25) is 5.91 Å². The van der Waals surface area contributed by atoms with Gasteiger partial charge in [-0.15, -0.1) is 0 Å². The van der Waals surface area contributed by atoms with Crippen LogP contribution in [0.25, 0.3) is 0 Å². The molecule has 2 aliphatic rings. The monoisotopic (exact) mass is 317 g/mol. The Balaban J connectivity index is 1.57. The molecule has 1 unspecified atom stereocenters. The van der Waals surface area contributed by atoms with Crippen LogP contribution < -0.4 is 15.4 Å². The Morgan fingerprint density at radius 3 is 2.65 bits per heavy atom. The van der Waals surface area contributed by atoms with Gasteiger partial charge in [-0.25, -0.2) is 4.79 Å². The topological polar surface area (TPSA) is 87.7 Å². The maximum absolute atomic E-state index is 12.3. The molecule has 7 nitrogen and oxygen atoms in total. The molecule has 23 heavy (non-hydrogen) atoms. The highest BCUT2D eigenvalue weighted by atomic mass is 16.5. The number of hydrogen-bond donors (Lipinski definition) is 2. The summed E-state index contributed by atoms with van der Waals surface area (Å²) in [5, 5.41) is 4.59. The Labute approximate surface area is 134 Å². The Morgan fingerprint density at radius 2 is 2.04 bits per heavy atom. The second kappa shape index (κ2) is 6.28. The molecule has 0 aromatic heterocycles. The number of carbonyl (C=O) groups excluding carboxylic acids is 3. The van der Waals surface area contributed by atoms with Crippen molar-refractivity contribution in [3.8, 4) is 5.75 Å². The van der Waals surface area contributed by atoms with Crippen LogP contribution in [-0.4, -0.2) is 49.0 Å². The smallest absolute Gasteiger partial charge is 0.322 e. The lowest BCUT2D eigenvalue weighted by atomic mass is 9.98. The molecule has 1 aromatic rings. The van der Waals surface area contributed by atoms with Gasteiger partial charge in [0, 0.05) is 19.0 Å². The number of likely N-dealkylation sites (tertiary alicyclic amines) is 1. The average molecular weight is 317 g/mol. The SMILES string of the molecule is COc1ccc(C2CCN(C(=O)C[C@@H]3NC(=O)NC3=O)C2)cc1. The summed E-state index contributed by atoms with van der Waals surface area (Å²) in [6, 6.07) is 6.57. The molecule has 2 fully saturated rings. The summed E-state index contributed by atoms with van der Waals surface area (Å²) in [6.45, 7) is 1.30. The van der Waals surface area contributed by atoms with E-state index < -0.39 is 18.0 Å². The molecule has 2 heterocycles. The minimum Gasteiger partial charge on any atom is -0.497 e. The molecule has 0 bridgehead atoms. The molecule has 1 aromatic carbocycles. The van der Waals surface area contributed by atoms with E-state index in [2.05, 4.69) is 10.6 Å². The fraction of sp³-hybridized carbons (Fsp3) is 0.438. The zero-order chi connectivity index (χ0) is 16.4. The maximum atomic E-state index is 12.3. The summed E-state index contributed by atoms with van der Waals surface area (Å²) >= 11 is 0. The summed E-state index contributed by atoms with van der Waals surface area (Å²) in [5.74, 6) is 0.553. The molecule has 2 atom stereocenters. The van der Waals surface area contributed by atoms with E-state index in [1.807, 2.05) is 24.3 Å². The zero-order valence-electron chi connectivity index (χ0n) is 12.9. The summed E-state index contributed by atoms with van der Waals surface area (Å²) in [4.78, 5) is 36.6. The third kappa shape index (κ3) is 3.28. The van der Waals surface area contributed by atoms with Crippen molar-refractivity contribution >= 4 is 17.8 Å². The number of benzene rings is 1. The fourth-order valence-electron chi connectivity index (χ4n) is 3.04. The summed E-state index contributed by atoms with van der Waals surface area (Å²) < 4.78 is 5.15. The highest BCUT2D eigenvalue weighted by molar-refractivity contribution is 6.05. The van der Waals surface area contributed by atoms with Crippen molar-refractivity contribution in [1.82, 2.24) is 15.5 Å². The van der Waals surface area contributed by atoms with E-state index in [1.54, 1.807) is 12.0 Å². The minimum absolute atomic E-state index is 0.00685. The van der Waals surface area contributed by atoms with Crippen LogP contribution in [0.5, 0.6) is 5.75 Å². The highest BCUT2D eigenvalue weighted by Gasteiger charge is 2.34. The van der Waals surface area contributed by atoms with Gasteiger partial charge in [-0.1, -0.05) is 12.1 Å². The average Bonchev–Trinajstić information content (AvgIpc) is 3.15. The van der Waals surface area contributed by atoms with Gasteiger partial charge in [0.05, 0.1) is 13.5 Å². The number of nitrogens with zero attached hydrogens (tertiary/aromatic N) is 1. The summed E-state index contributed by atoms with van der Waals surface area (Å²) in [5.41, 5.74) is 1.17. The number of urea groups is 1. The first-order valence-corrected chi connectivity index (χ1v) is 7.60. The molecular formula is C16H19N3O4. The van der Waals surface area contributed by atoms with E-state index in [4.69, 9.17) is 4.74 Å². The molecule has 2 saturated heterocycles. The number of nitrogens with one attached hydrogen (secondary N) is 2. The second-order valence-corrected chi connectivity index (χ2v) is 5.82. The van der Waals surface area contributed by atoms with Crippen LogP contribution >= 0.6 is 0 Å². The van der Waals surface area contributed by atoms with Crippen molar-refractivity contribution in [1.29, 1.82) is 0 Å². The predicted octanol–water partition coefficient (Wildman–Crippen LogP) is 0.609. The number of carbonyl (C=O) groups is 3. The Hall–Kier alpha value is -2.57. The first-order valence-electron chi connectivity index (χ1n) is 7.60. The van der Waals surface area contributed by atoms with Gasteiger partial charge in [0.15, 0.2) is 0 Å². The molecule has 7 heteroatoms. The standard InChI is InChI=1S/C16H19N3O4/c1-23-12-4-2-10(3-5-12)11-6-7-19(9-11)14(20)8-13-15(21)18-16(22)17-13/h2-5,11,13H,6-9H2,1H3,(H2,17,18,21,22)/t11?,13-/m0/s1. The first kappa shape index (κ1) is 15.3. The quantitative estimate of drug-likeness (QED) is 0.797. The molecule has 3 rings (SSSR count). The van der Waals surface area contributed by atoms with E-state index in [0.29, 0.717) is 13.1 Å². The van der Waals surface area contributed by atoms with E-state index in [9.17, 15) is 14.4 Å².